The number of carbonyl (C=O) groups is 1. The van der Waals surface area contributed by atoms with Crippen LogP contribution in [0.2, 0.25) is 0 Å². The topological polar surface area (TPSA) is 157 Å². The first-order valence-corrected chi connectivity index (χ1v) is 9.32. The third-order valence-electron chi connectivity index (χ3n) is 5.19. The molecule has 0 radical (unpaired) electrons. The number of nitrogen functional groups attached to an aromatic ring is 1. The Morgan fingerprint density at radius 3 is 2.77 bits per heavy atom. The Balaban J connectivity index is 1.97. The highest BCUT2D eigenvalue weighted by molar-refractivity contribution is 5.94. The van der Waals surface area contributed by atoms with Gasteiger partial charge in [0.25, 0.3) is 5.69 Å². The third-order valence-corrected chi connectivity index (χ3v) is 5.19. The fraction of sp³-hybridized carbons (Fsp3) is 0.316. The van der Waals surface area contributed by atoms with Crippen LogP contribution in [0.5, 0.6) is 0 Å². The van der Waals surface area contributed by atoms with Gasteiger partial charge in [0, 0.05) is 36.5 Å². The molecule has 3 heterocycles. The van der Waals surface area contributed by atoms with Crippen LogP contribution in [0.15, 0.2) is 35.5 Å². The smallest absolute Gasteiger partial charge is 0.334 e. The van der Waals surface area contributed by atoms with Crippen molar-refractivity contribution in [2.24, 2.45) is 0 Å². The number of anilines is 3. The maximum absolute atomic E-state index is 12.2. The fourth-order valence-corrected chi connectivity index (χ4v) is 3.89. The Labute approximate surface area is 171 Å². The predicted octanol–water partition coefficient (Wildman–Crippen LogP) is 1.72. The van der Waals surface area contributed by atoms with Gasteiger partial charge in [-0.15, -0.1) is 0 Å². The van der Waals surface area contributed by atoms with Crippen molar-refractivity contribution in [1.82, 2.24) is 9.97 Å². The number of non-ortho nitro benzene ring substituents is 1. The molecule has 0 saturated carbocycles. The van der Waals surface area contributed by atoms with E-state index in [1.165, 1.54) is 18.2 Å². The van der Waals surface area contributed by atoms with Gasteiger partial charge in [-0.3, -0.25) is 10.1 Å². The molecule has 30 heavy (non-hydrogen) atoms. The van der Waals surface area contributed by atoms with Gasteiger partial charge >= 0.3 is 5.97 Å². The van der Waals surface area contributed by atoms with Gasteiger partial charge in [-0.1, -0.05) is 12.1 Å². The number of nitro benzene ring substituents is 1. The predicted molar refractivity (Wildman–Crippen MR) is 108 cm³/mol. The monoisotopic (exact) mass is 412 g/mol. The van der Waals surface area contributed by atoms with Crippen molar-refractivity contribution in [1.29, 1.82) is 0 Å². The summed E-state index contributed by atoms with van der Waals surface area (Å²) in [4.78, 5) is 33.7. The van der Waals surface area contributed by atoms with Crippen molar-refractivity contribution in [3.63, 3.8) is 0 Å². The van der Waals surface area contributed by atoms with Crippen LogP contribution in [-0.2, 0) is 9.53 Å². The number of nitro groups is 1. The summed E-state index contributed by atoms with van der Waals surface area (Å²) in [6.45, 7) is 3.72. The van der Waals surface area contributed by atoms with Gasteiger partial charge in [-0.2, -0.15) is 9.97 Å². The molecule has 0 aliphatic carbocycles. The Morgan fingerprint density at radius 1 is 1.37 bits per heavy atom. The summed E-state index contributed by atoms with van der Waals surface area (Å²) in [5, 5.41) is 24.3. The highest BCUT2D eigenvalue weighted by Gasteiger charge is 2.37. The molecular formula is C19H20N6O5. The SMILES string of the molecule is CC1=C(C(=O)O)C(c2cccc([N+](=O)[O-])c2)c2c(nc(N)nc2N2CCOCC2)N1. The molecule has 0 bridgehead atoms. The second-order valence-electron chi connectivity index (χ2n) is 7.02. The number of nitrogens with two attached hydrogens (primary N) is 1. The first-order chi connectivity index (χ1) is 14.4. The van der Waals surface area contributed by atoms with E-state index in [9.17, 15) is 20.0 Å². The van der Waals surface area contributed by atoms with Gasteiger partial charge < -0.3 is 25.8 Å². The molecule has 11 heteroatoms. The number of allylic oxidation sites excluding steroid dienone is 1. The van der Waals surface area contributed by atoms with Crippen molar-refractivity contribution in [2.75, 3.05) is 42.3 Å². The number of nitrogens with zero attached hydrogens (tertiary/aromatic N) is 4. The maximum Gasteiger partial charge on any atom is 0.334 e. The van der Waals surface area contributed by atoms with E-state index in [0.717, 1.165) is 0 Å². The molecule has 2 aliphatic rings. The van der Waals surface area contributed by atoms with Crippen molar-refractivity contribution in [3.8, 4) is 0 Å². The molecule has 2 aromatic rings. The molecule has 1 fully saturated rings. The number of morpholine rings is 1. The average molecular weight is 412 g/mol. The van der Waals surface area contributed by atoms with Gasteiger partial charge in [0.2, 0.25) is 5.95 Å². The quantitative estimate of drug-likeness (QED) is 0.499. The normalized spacial score (nSPS) is 18.6. The molecule has 0 amide bonds. The van der Waals surface area contributed by atoms with Crippen molar-refractivity contribution in [2.45, 2.75) is 12.8 Å². The summed E-state index contributed by atoms with van der Waals surface area (Å²) in [6.07, 6.45) is 0. The first-order valence-electron chi connectivity index (χ1n) is 9.32. The number of benzene rings is 1. The number of hydrogen-bond donors (Lipinski definition) is 3. The summed E-state index contributed by atoms with van der Waals surface area (Å²) < 4.78 is 5.42. The minimum Gasteiger partial charge on any atom is -0.478 e. The molecule has 4 rings (SSSR count). The highest BCUT2D eigenvalue weighted by Crippen LogP contribution is 2.45. The van der Waals surface area contributed by atoms with E-state index >= 15 is 0 Å². The van der Waals surface area contributed by atoms with Crippen LogP contribution in [-0.4, -0.2) is 52.3 Å². The lowest BCUT2D eigenvalue weighted by Crippen LogP contribution is -2.38. The zero-order valence-corrected chi connectivity index (χ0v) is 16.2. The maximum atomic E-state index is 12.2. The van der Waals surface area contributed by atoms with Gasteiger partial charge in [0.15, 0.2) is 0 Å². The van der Waals surface area contributed by atoms with Gasteiger partial charge in [0.05, 0.1) is 29.6 Å². The minimum atomic E-state index is -1.13. The fourth-order valence-electron chi connectivity index (χ4n) is 3.89. The number of carboxylic acid groups (broad SMARTS) is 1. The summed E-state index contributed by atoms with van der Waals surface area (Å²) in [7, 11) is 0. The molecule has 1 saturated heterocycles. The number of hydrogen-bond acceptors (Lipinski definition) is 9. The molecule has 11 nitrogen and oxygen atoms in total. The van der Waals surface area contributed by atoms with Crippen molar-refractivity contribution >= 4 is 29.2 Å². The Morgan fingerprint density at radius 2 is 2.10 bits per heavy atom. The Hall–Kier alpha value is -3.73. The standard InChI is InChI=1S/C19H20N6O5/c1-10-13(18(26)27)14(11-3-2-4-12(9-11)25(28)29)15-16(21-10)22-19(20)23-17(15)24-5-7-30-8-6-24/h2-4,9,14H,5-8H2,1H3,(H,26,27)(H3,20,21,22,23). The van der Waals surface area contributed by atoms with E-state index in [0.29, 0.717) is 54.8 Å². The van der Waals surface area contributed by atoms with Crippen LogP contribution in [0, 0.1) is 10.1 Å². The molecule has 2 aliphatic heterocycles. The van der Waals surface area contributed by atoms with Crippen LogP contribution < -0.4 is 16.0 Å². The van der Waals surface area contributed by atoms with Gasteiger partial charge in [-0.25, -0.2) is 4.79 Å². The number of rotatable bonds is 4. The molecule has 1 atom stereocenters. The van der Waals surface area contributed by atoms with Crippen molar-refractivity contribution in [3.05, 3.63) is 56.8 Å². The van der Waals surface area contributed by atoms with Crippen LogP contribution in [0.25, 0.3) is 0 Å². The molecule has 156 valence electrons. The number of fused-ring (bicyclic) bond motifs is 1. The molecule has 1 aromatic heterocycles. The average Bonchev–Trinajstić information content (AvgIpc) is 2.72. The van der Waals surface area contributed by atoms with E-state index < -0.39 is 16.8 Å². The first kappa shape index (κ1) is 19.6. The number of carboxylic acids is 1. The molecule has 1 unspecified atom stereocenters. The van der Waals surface area contributed by atoms with Crippen LogP contribution >= 0.6 is 0 Å². The summed E-state index contributed by atoms with van der Waals surface area (Å²) in [5.41, 5.74) is 7.26. The lowest BCUT2D eigenvalue weighted by atomic mass is 9.81. The zero-order chi connectivity index (χ0) is 21.4. The van der Waals surface area contributed by atoms with E-state index in [2.05, 4.69) is 15.3 Å². The molecule has 1 aromatic carbocycles. The zero-order valence-electron chi connectivity index (χ0n) is 16.2. The second-order valence-corrected chi connectivity index (χ2v) is 7.02. The van der Waals surface area contributed by atoms with Gasteiger partial charge in [0.1, 0.15) is 11.6 Å². The van der Waals surface area contributed by atoms with E-state index in [4.69, 9.17) is 10.5 Å². The number of nitrogens with one attached hydrogen (secondary N) is 1. The number of aromatic nitrogens is 2. The highest BCUT2D eigenvalue weighted by atomic mass is 16.6. The van der Waals surface area contributed by atoms with Crippen molar-refractivity contribution < 1.29 is 19.6 Å². The van der Waals surface area contributed by atoms with E-state index in [-0.39, 0.29) is 17.2 Å². The lowest BCUT2D eigenvalue weighted by molar-refractivity contribution is -0.384. The van der Waals surface area contributed by atoms with Crippen LogP contribution in [0.4, 0.5) is 23.3 Å². The van der Waals surface area contributed by atoms with E-state index in [1.807, 2.05) is 4.90 Å². The Kier molecular flexibility index (Phi) is 4.96. The number of ether oxygens (including phenoxy) is 1. The second kappa shape index (κ2) is 7.59. The minimum absolute atomic E-state index is 0.0482. The molecule has 4 N–H and O–H groups in total. The number of aliphatic carboxylic acids is 1. The van der Waals surface area contributed by atoms with Crippen LogP contribution in [0.1, 0.15) is 24.0 Å². The van der Waals surface area contributed by atoms with Gasteiger partial charge in [-0.05, 0) is 12.5 Å². The van der Waals surface area contributed by atoms with Crippen LogP contribution in [0.3, 0.4) is 0 Å². The largest absolute Gasteiger partial charge is 0.478 e. The molecule has 0 spiro atoms. The third kappa shape index (κ3) is 3.39. The molecular weight excluding hydrogens is 392 g/mol. The Bertz CT molecular complexity index is 1060. The summed E-state index contributed by atoms with van der Waals surface area (Å²) >= 11 is 0. The summed E-state index contributed by atoms with van der Waals surface area (Å²) in [5.74, 6) is -1.00. The summed E-state index contributed by atoms with van der Waals surface area (Å²) in [6, 6.07) is 5.96. The lowest BCUT2D eigenvalue weighted by Gasteiger charge is -2.35. The van der Waals surface area contributed by atoms with E-state index in [1.54, 1.807) is 13.0 Å².